The van der Waals surface area contributed by atoms with Crippen molar-refractivity contribution in [2.75, 3.05) is 17.3 Å². The molecule has 0 spiro atoms. The maximum atomic E-state index is 13.8. The molecular weight excluding hydrogens is 353 g/mol. The molecule has 1 aromatic heterocycles. The Kier molecular flexibility index (Phi) is 5.49. The number of nitrogens with one attached hydrogen (secondary N) is 1. The van der Waals surface area contributed by atoms with Crippen LogP contribution in [0, 0.1) is 5.82 Å². The lowest BCUT2D eigenvalue weighted by atomic mass is 10.2. The third-order valence-electron chi connectivity index (χ3n) is 3.88. The van der Waals surface area contributed by atoms with Crippen molar-refractivity contribution in [3.63, 3.8) is 0 Å². The average molecular weight is 370 g/mol. The summed E-state index contributed by atoms with van der Waals surface area (Å²) in [5.74, 6) is -0.980. The normalized spacial score (nSPS) is 10.4. The van der Waals surface area contributed by atoms with Gasteiger partial charge in [-0.2, -0.15) is 0 Å². The summed E-state index contributed by atoms with van der Waals surface area (Å²) < 4.78 is 13.8. The van der Waals surface area contributed by atoms with Crippen LogP contribution in [-0.4, -0.2) is 17.9 Å². The number of nitrogens with zero attached hydrogens (tertiary/aromatic N) is 2. The zero-order valence-corrected chi connectivity index (χ0v) is 14.9. The molecule has 1 heterocycles. The van der Waals surface area contributed by atoms with E-state index in [4.69, 9.17) is 11.6 Å². The first-order valence-electron chi connectivity index (χ1n) is 8.01. The maximum Gasteiger partial charge on any atom is 0.261 e. The third kappa shape index (κ3) is 4.18. The Hall–Kier alpha value is -2.92. The molecule has 6 heteroatoms. The standard InChI is InChI=1S/C20H17ClFN3O/c1-25(13-14-6-3-2-4-7-14)15-10-11-18(23-12-15)24-20(26)19-16(21)8-5-9-17(19)22/h2-12H,13H2,1H3,(H,23,24,26). The Morgan fingerprint density at radius 2 is 1.88 bits per heavy atom. The molecule has 132 valence electrons. The lowest BCUT2D eigenvalue weighted by molar-refractivity contribution is 0.102. The number of halogens is 2. The highest BCUT2D eigenvalue weighted by molar-refractivity contribution is 6.34. The van der Waals surface area contributed by atoms with Gasteiger partial charge in [0.15, 0.2) is 0 Å². The van der Waals surface area contributed by atoms with Gasteiger partial charge in [-0.05, 0) is 29.8 Å². The van der Waals surface area contributed by atoms with E-state index in [1.54, 1.807) is 12.3 Å². The molecule has 3 rings (SSSR count). The van der Waals surface area contributed by atoms with E-state index >= 15 is 0 Å². The second-order valence-electron chi connectivity index (χ2n) is 5.79. The molecule has 0 unspecified atom stereocenters. The molecule has 26 heavy (non-hydrogen) atoms. The van der Waals surface area contributed by atoms with Gasteiger partial charge in [-0.25, -0.2) is 9.37 Å². The van der Waals surface area contributed by atoms with Crippen LogP contribution in [0.1, 0.15) is 15.9 Å². The van der Waals surface area contributed by atoms with Crippen LogP contribution in [0.2, 0.25) is 5.02 Å². The highest BCUT2D eigenvalue weighted by Gasteiger charge is 2.16. The van der Waals surface area contributed by atoms with Gasteiger partial charge >= 0.3 is 0 Å². The molecule has 0 aliphatic carbocycles. The predicted molar refractivity (Wildman–Crippen MR) is 102 cm³/mol. The lowest BCUT2D eigenvalue weighted by Gasteiger charge is -2.19. The molecule has 4 nitrogen and oxygen atoms in total. The summed E-state index contributed by atoms with van der Waals surface area (Å²) in [6.45, 7) is 0.735. The molecule has 0 saturated heterocycles. The van der Waals surface area contributed by atoms with E-state index < -0.39 is 11.7 Å². The first-order valence-corrected chi connectivity index (χ1v) is 8.39. The summed E-state index contributed by atoms with van der Waals surface area (Å²) in [6.07, 6.45) is 1.65. The minimum Gasteiger partial charge on any atom is -0.369 e. The quantitative estimate of drug-likeness (QED) is 0.705. The van der Waals surface area contributed by atoms with Gasteiger partial charge in [-0.3, -0.25) is 4.79 Å². The number of carbonyl (C=O) groups excluding carboxylic acids is 1. The van der Waals surface area contributed by atoms with Crippen molar-refractivity contribution in [2.24, 2.45) is 0 Å². The Balaban J connectivity index is 1.69. The zero-order valence-electron chi connectivity index (χ0n) is 14.1. The van der Waals surface area contributed by atoms with Crippen molar-refractivity contribution in [3.05, 3.63) is 88.8 Å². The van der Waals surface area contributed by atoms with Crippen molar-refractivity contribution in [2.45, 2.75) is 6.54 Å². The molecule has 0 fully saturated rings. The van der Waals surface area contributed by atoms with Crippen molar-refractivity contribution in [1.29, 1.82) is 0 Å². The van der Waals surface area contributed by atoms with Gasteiger partial charge in [-0.1, -0.05) is 48.0 Å². The fourth-order valence-corrected chi connectivity index (χ4v) is 2.78. The van der Waals surface area contributed by atoms with E-state index in [0.29, 0.717) is 5.82 Å². The Labute approximate surface area is 156 Å². The van der Waals surface area contributed by atoms with E-state index in [-0.39, 0.29) is 10.6 Å². The van der Waals surface area contributed by atoms with E-state index in [1.807, 2.05) is 36.2 Å². The largest absolute Gasteiger partial charge is 0.369 e. The molecule has 0 aliphatic heterocycles. The van der Waals surface area contributed by atoms with E-state index in [0.717, 1.165) is 12.2 Å². The maximum absolute atomic E-state index is 13.8. The third-order valence-corrected chi connectivity index (χ3v) is 4.20. The summed E-state index contributed by atoms with van der Waals surface area (Å²) in [5.41, 5.74) is 1.89. The van der Waals surface area contributed by atoms with Crippen LogP contribution >= 0.6 is 11.6 Å². The summed E-state index contributed by atoms with van der Waals surface area (Å²) in [7, 11) is 1.96. The summed E-state index contributed by atoms with van der Waals surface area (Å²) in [5, 5.41) is 2.62. The number of pyridine rings is 1. The molecule has 0 saturated carbocycles. The van der Waals surface area contributed by atoms with E-state index in [2.05, 4.69) is 22.4 Å². The Bertz CT molecular complexity index is 880. The van der Waals surface area contributed by atoms with Crippen LogP contribution in [0.25, 0.3) is 0 Å². The number of anilines is 2. The number of rotatable bonds is 5. The summed E-state index contributed by atoms with van der Waals surface area (Å²) >= 11 is 5.91. The second kappa shape index (κ2) is 7.97. The highest BCUT2D eigenvalue weighted by atomic mass is 35.5. The number of hydrogen-bond donors (Lipinski definition) is 1. The number of benzene rings is 2. The molecule has 0 aliphatic rings. The minimum absolute atomic E-state index is 0.0571. The van der Waals surface area contributed by atoms with Crippen molar-refractivity contribution < 1.29 is 9.18 Å². The van der Waals surface area contributed by atoms with Crippen molar-refractivity contribution >= 4 is 29.0 Å². The first-order chi connectivity index (χ1) is 12.5. The average Bonchev–Trinajstić information content (AvgIpc) is 2.63. The van der Waals surface area contributed by atoms with Crippen LogP contribution in [0.5, 0.6) is 0 Å². The topological polar surface area (TPSA) is 45.2 Å². The van der Waals surface area contributed by atoms with Gasteiger partial charge in [0, 0.05) is 13.6 Å². The van der Waals surface area contributed by atoms with E-state index in [9.17, 15) is 9.18 Å². The highest BCUT2D eigenvalue weighted by Crippen LogP contribution is 2.21. The Morgan fingerprint density at radius 1 is 1.12 bits per heavy atom. The molecule has 1 N–H and O–H groups in total. The summed E-state index contributed by atoms with van der Waals surface area (Å²) in [6, 6.07) is 17.7. The molecule has 0 radical (unpaired) electrons. The van der Waals surface area contributed by atoms with Gasteiger partial charge in [0.25, 0.3) is 5.91 Å². The van der Waals surface area contributed by atoms with Gasteiger partial charge in [0.05, 0.1) is 22.5 Å². The Morgan fingerprint density at radius 3 is 2.54 bits per heavy atom. The summed E-state index contributed by atoms with van der Waals surface area (Å²) in [4.78, 5) is 18.5. The van der Waals surface area contributed by atoms with Gasteiger partial charge in [0.2, 0.25) is 0 Å². The number of aromatic nitrogens is 1. The number of amides is 1. The monoisotopic (exact) mass is 369 g/mol. The van der Waals surface area contributed by atoms with E-state index in [1.165, 1.54) is 23.8 Å². The van der Waals surface area contributed by atoms with Crippen molar-refractivity contribution in [3.8, 4) is 0 Å². The van der Waals surface area contributed by atoms with Crippen molar-refractivity contribution in [1.82, 2.24) is 4.98 Å². The van der Waals surface area contributed by atoms with Crippen LogP contribution in [0.15, 0.2) is 66.9 Å². The molecule has 0 bridgehead atoms. The smallest absolute Gasteiger partial charge is 0.261 e. The predicted octanol–water partition coefficient (Wildman–Crippen LogP) is 4.76. The lowest BCUT2D eigenvalue weighted by Crippen LogP contribution is -2.18. The minimum atomic E-state index is -0.672. The number of carbonyl (C=O) groups is 1. The van der Waals surface area contributed by atoms with Crippen LogP contribution < -0.4 is 10.2 Å². The van der Waals surface area contributed by atoms with Gasteiger partial charge in [0.1, 0.15) is 11.6 Å². The molecule has 0 atom stereocenters. The van der Waals surface area contributed by atoms with Crippen LogP contribution in [0.3, 0.4) is 0 Å². The molecule has 3 aromatic rings. The fraction of sp³-hybridized carbons (Fsp3) is 0.100. The van der Waals surface area contributed by atoms with Crippen LogP contribution in [-0.2, 0) is 6.54 Å². The number of hydrogen-bond acceptors (Lipinski definition) is 3. The molecular formula is C20H17ClFN3O. The van der Waals surface area contributed by atoms with Crippen LogP contribution in [0.4, 0.5) is 15.9 Å². The van der Waals surface area contributed by atoms with Gasteiger partial charge < -0.3 is 10.2 Å². The molecule has 2 aromatic carbocycles. The van der Waals surface area contributed by atoms with Gasteiger partial charge in [-0.15, -0.1) is 0 Å². The SMILES string of the molecule is CN(Cc1ccccc1)c1ccc(NC(=O)c2c(F)cccc2Cl)nc1. The zero-order chi connectivity index (χ0) is 18.5. The first kappa shape index (κ1) is 17.9. The molecule has 1 amide bonds. The fourth-order valence-electron chi connectivity index (χ4n) is 2.53. The second-order valence-corrected chi connectivity index (χ2v) is 6.20.